The Morgan fingerprint density at radius 2 is 1.90 bits per heavy atom. The first-order valence-electron chi connectivity index (χ1n) is 9.06. The molecule has 0 aliphatic carbocycles. The molecule has 0 unspecified atom stereocenters. The van der Waals surface area contributed by atoms with E-state index >= 15 is 0 Å². The van der Waals surface area contributed by atoms with Crippen LogP contribution in [0.25, 0.3) is 10.9 Å². The number of hydrogen-bond donors (Lipinski definition) is 2. The lowest BCUT2D eigenvalue weighted by atomic mass is 10.1. The van der Waals surface area contributed by atoms with Gasteiger partial charge in [-0.25, -0.2) is 9.59 Å². The summed E-state index contributed by atoms with van der Waals surface area (Å²) in [5.74, 6) is -0.508. The van der Waals surface area contributed by atoms with Gasteiger partial charge in [-0.15, -0.1) is 0 Å². The number of carbonyl (C=O) groups excluding carboxylic acids is 2. The van der Waals surface area contributed by atoms with Crippen LogP contribution >= 0.6 is 31.9 Å². The maximum Gasteiger partial charge on any atom is 0.408 e. The van der Waals surface area contributed by atoms with E-state index in [1.807, 2.05) is 48.7 Å². The average molecular weight is 524 g/mol. The summed E-state index contributed by atoms with van der Waals surface area (Å²) in [6.45, 7) is 2.07. The molecule has 29 heavy (non-hydrogen) atoms. The number of H-pyrrole nitrogens is 1. The highest BCUT2D eigenvalue weighted by Gasteiger charge is 2.25. The highest BCUT2D eigenvalue weighted by molar-refractivity contribution is 9.11. The van der Waals surface area contributed by atoms with Gasteiger partial charge in [-0.2, -0.15) is 0 Å². The molecule has 1 aromatic heterocycles. The summed E-state index contributed by atoms with van der Waals surface area (Å²) < 4.78 is 12.2. The van der Waals surface area contributed by atoms with Gasteiger partial charge in [0, 0.05) is 32.5 Å². The van der Waals surface area contributed by atoms with Crippen molar-refractivity contribution in [3.8, 4) is 0 Å². The van der Waals surface area contributed by atoms with E-state index in [1.165, 1.54) is 0 Å². The van der Waals surface area contributed by atoms with Crippen LogP contribution < -0.4 is 5.32 Å². The molecule has 1 heterocycles. The molecule has 0 saturated heterocycles. The number of fused-ring (bicyclic) bond motifs is 1. The molecular formula is C21H20Br2N2O4. The second-order valence-electron chi connectivity index (χ2n) is 6.34. The summed E-state index contributed by atoms with van der Waals surface area (Å²) in [6, 6.07) is 12.3. The third-order valence-corrected chi connectivity index (χ3v) is 5.36. The van der Waals surface area contributed by atoms with Gasteiger partial charge in [-0.1, -0.05) is 62.2 Å². The number of ether oxygens (including phenoxy) is 2. The molecule has 3 rings (SSSR count). The molecule has 0 saturated carbocycles. The third-order valence-electron chi connectivity index (χ3n) is 4.28. The number of amides is 1. The standard InChI is InChI=1S/C21H20Br2N2O4/c1-2-28-20(26)18(25-21(27)29-12-13-6-4-3-5-7-13)8-14-11-24-17-10-15(22)9-16(23)19(14)17/h3-7,9-11,18,24H,2,8,12H2,1H3,(H,25,27)/t18-/m0/s1. The van der Waals surface area contributed by atoms with E-state index in [0.717, 1.165) is 31.0 Å². The van der Waals surface area contributed by atoms with Crippen LogP contribution in [0.3, 0.4) is 0 Å². The Labute approximate surface area is 185 Å². The normalized spacial score (nSPS) is 11.8. The Morgan fingerprint density at radius 1 is 1.14 bits per heavy atom. The van der Waals surface area contributed by atoms with Crippen LogP contribution in [0.5, 0.6) is 0 Å². The summed E-state index contributed by atoms with van der Waals surface area (Å²) in [5.41, 5.74) is 2.65. The number of benzene rings is 2. The Kier molecular flexibility index (Phi) is 7.33. The molecule has 0 radical (unpaired) electrons. The first kappa shape index (κ1) is 21.4. The van der Waals surface area contributed by atoms with Crippen molar-refractivity contribution >= 4 is 54.8 Å². The van der Waals surface area contributed by atoms with Crippen molar-refractivity contribution in [2.24, 2.45) is 0 Å². The lowest BCUT2D eigenvalue weighted by molar-refractivity contribution is -0.145. The van der Waals surface area contributed by atoms with Gasteiger partial charge >= 0.3 is 12.1 Å². The van der Waals surface area contributed by atoms with Crippen molar-refractivity contribution in [2.75, 3.05) is 6.61 Å². The van der Waals surface area contributed by atoms with E-state index in [9.17, 15) is 9.59 Å². The van der Waals surface area contributed by atoms with Gasteiger partial charge < -0.3 is 19.8 Å². The fourth-order valence-electron chi connectivity index (χ4n) is 2.97. The lowest BCUT2D eigenvalue weighted by Crippen LogP contribution is -2.43. The molecule has 0 spiro atoms. The molecule has 1 amide bonds. The fraction of sp³-hybridized carbons (Fsp3) is 0.238. The summed E-state index contributed by atoms with van der Waals surface area (Å²) in [4.78, 5) is 27.9. The molecule has 1 atom stereocenters. The zero-order valence-corrected chi connectivity index (χ0v) is 18.9. The van der Waals surface area contributed by atoms with E-state index in [-0.39, 0.29) is 19.6 Å². The van der Waals surface area contributed by atoms with Gasteiger partial charge in [0.05, 0.1) is 6.61 Å². The molecule has 0 aliphatic heterocycles. The molecular weight excluding hydrogens is 504 g/mol. The highest BCUT2D eigenvalue weighted by Crippen LogP contribution is 2.31. The van der Waals surface area contributed by atoms with Gasteiger partial charge in [0.2, 0.25) is 0 Å². The van der Waals surface area contributed by atoms with Crippen molar-refractivity contribution < 1.29 is 19.1 Å². The van der Waals surface area contributed by atoms with E-state index in [2.05, 4.69) is 42.2 Å². The zero-order chi connectivity index (χ0) is 20.8. The maximum atomic E-state index is 12.4. The Morgan fingerprint density at radius 3 is 2.62 bits per heavy atom. The molecule has 0 aliphatic rings. The topological polar surface area (TPSA) is 80.4 Å². The molecule has 0 fully saturated rings. The van der Waals surface area contributed by atoms with Gasteiger partial charge in [0.1, 0.15) is 12.6 Å². The van der Waals surface area contributed by atoms with Crippen LogP contribution in [0.15, 0.2) is 57.6 Å². The van der Waals surface area contributed by atoms with Crippen LogP contribution in [0.1, 0.15) is 18.1 Å². The predicted molar refractivity (Wildman–Crippen MR) is 118 cm³/mol. The summed E-state index contributed by atoms with van der Waals surface area (Å²) in [7, 11) is 0. The number of aromatic nitrogens is 1. The third kappa shape index (κ3) is 5.61. The largest absolute Gasteiger partial charge is 0.464 e. The first-order valence-corrected chi connectivity index (χ1v) is 10.7. The monoisotopic (exact) mass is 522 g/mol. The summed E-state index contributed by atoms with van der Waals surface area (Å²) in [5, 5.41) is 3.58. The van der Waals surface area contributed by atoms with Crippen molar-refractivity contribution in [3.05, 3.63) is 68.7 Å². The number of aromatic amines is 1. The summed E-state index contributed by atoms with van der Waals surface area (Å²) in [6.07, 6.45) is 1.42. The quantitative estimate of drug-likeness (QED) is 0.422. The van der Waals surface area contributed by atoms with Crippen molar-refractivity contribution in [2.45, 2.75) is 26.0 Å². The molecule has 2 N–H and O–H groups in total. The predicted octanol–water partition coefficient (Wildman–Crippen LogP) is 5.09. The van der Waals surface area contributed by atoms with Crippen molar-refractivity contribution in [1.29, 1.82) is 0 Å². The van der Waals surface area contributed by atoms with Gasteiger partial charge in [0.25, 0.3) is 0 Å². The molecule has 0 bridgehead atoms. The van der Waals surface area contributed by atoms with Gasteiger partial charge in [-0.3, -0.25) is 0 Å². The zero-order valence-electron chi connectivity index (χ0n) is 15.7. The van der Waals surface area contributed by atoms with Gasteiger partial charge in [0.15, 0.2) is 0 Å². The SMILES string of the molecule is CCOC(=O)[C@H](Cc1c[nH]c2cc(Br)cc(Br)c12)NC(=O)OCc1ccccc1. The first-order chi connectivity index (χ1) is 14.0. The van der Waals surface area contributed by atoms with Crippen LogP contribution in [-0.2, 0) is 27.3 Å². The van der Waals surface area contributed by atoms with Crippen molar-refractivity contribution in [1.82, 2.24) is 10.3 Å². The van der Waals surface area contributed by atoms with Crippen LogP contribution in [0.4, 0.5) is 4.79 Å². The van der Waals surface area contributed by atoms with Crippen LogP contribution in [-0.4, -0.2) is 29.7 Å². The molecule has 152 valence electrons. The number of nitrogens with one attached hydrogen (secondary N) is 2. The van der Waals surface area contributed by atoms with Gasteiger partial charge in [-0.05, 0) is 30.2 Å². The number of carbonyl (C=O) groups is 2. The Hall–Kier alpha value is -2.32. The minimum absolute atomic E-state index is 0.120. The smallest absolute Gasteiger partial charge is 0.408 e. The van der Waals surface area contributed by atoms with Crippen molar-refractivity contribution in [3.63, 3.8) is 0 Å². The van der Waals surface area contributed by atoms with Crippen LogP contribution in [0.2, 0.25) is 0 Å². The van der Waals surface area contributed by atoms with Crippen LogP contribution in [0, 0.1) is 0 Å². The number of halogens is 2. The van der Waals surface area contributed by atoms with E-state index in [4.69, 9.17) is 9.47 Å². The maximum absolute atomic E-state index is 12.4. The molecule has 6 nitrogen and oxygen atoms in total. The molecule has 8 heteroatoms. The Bertz CT molecular complexity index is 1000. The number of esters is 1. The second-order valence-corrected chi connectivity index (χ2v) is 8.11. The summed E-state index contributed by atoms with van der Waals surface area (Å²) >= 11 is 7.02. The minimum Gasteiger partial charge on any atom is -0.464 e. The van der Waals surface area contributed by atoms with E-state index in [1.54, 1.807) is 6.92 Å². The number of alkyl carbamates (subject to hydrolysis) is 1. The molecule has 3 aromatic rings. The second kappa shape index (κ2) is 9.93. The number of rotatable bonds is 7. The molecule has 2 aromatic carbocycles. The Balaban J connectivity index is 1.74. The number of hydrogen-bond acceptors (Lipinski definition) is 4. The highest BCUT2D eigenvalue weighted by atomic mass is 79.9. The van der Waals surface area contributed by atoms with E-state index < -0.39 is 18.1 Å². The average Bonchev–Trinajstić information content (AvgIpc) is 3.09. The minimum atomic E-state index is -0.868. The van der Waals surface area contributed by atoms with E-state index in [0.29, 0.717) is 0 Å². The fourth-order valence-corrected chi connectivity index (χ4v) is 4.45. The lowest BCUT2D eigenvalue weighted by Gasteiger charge is -2.17.